The van der Waals surface area contributed by atoms with E-state index in [2.05, 4.69) is 20.5 Å². The van der Waals surface area contributed by atoms with Crippen molar-refractivity contribution in [3.05, 3.63) is 58.0 Å². The molecule has 0 spiro atoms. The SMILES string of the molecule is Cc1cc(NC(=O)c2cc(=O)c3ccccc3[nH]2)n[nH]1. The van der Waals surface area contributed by atoms with Gasteiger partial charge >= 0.3 is 0 Å². The monoisotopic (exact) mass is 268 g/mol. The summed E-state index contributed by atoms with van der Waals surface area (Å²) < 4.78 is 0. The molecule has 0 fully saturated rings. The van der Waals surface area contributed by atoms with Crippen molar-refractivity contribution in [3.63, 3.8) is 0 Å². The second kappa shape index (κ2) is 4.65. The van der Waals surface area contributed by atoms with Gasteiger partial charge in [-0.3, -0.25) is 14.7 Å². The first-order chi connectivity index (χ1) is 9.63. The molecule has 2 aromatic heterocycles. The minimum atomic E-state index is -0.403. The quantitative estimate of drug-likeness (QED) is 0.662. The Morgan fingerprint density at radius 2 is 2.05 bits per heavy atom. The van der Waals surface area contributed by atoms with Crippen molar-refractivity contribution >= 4 is 22.6 Å². The molecule has 0 saturated heterocycles. The molecule has 6 nitrogen and oxygen atoms in total. The van der Waals surface area contributed by atoms with E-state index in [1.807, 2.05) is 6.92 Å². The predicted octanol–water partition coefficient (Wildman–Crippen LogP) is 1.81. The van der Waals surface area contributed by atoms with Crippen molar-refractivity contribution in [2.45, 2.75) is 6.92 Å². The van der Waals surface area contributed by atoms with E-state index in [-0.39, 0.29) is 11.1 Å². The minimum absolute atomic E-state index is 0.192. The second-order valence-electron chi connectivity index (χ2n) is 4.48. The van der Waals surface area contributed by atoms with Crippen LogP contribution in [0.25, 0.3) is 10.9 Å². The number of aromatic nitrogens is 3. The molecule has 6 heteroatoms. The van der Waals surface area contributed by atoms with Crippen LogP contribution in [0.5, 0.6) is 0 Å². The molecule has 0 radical (unpaired) electrons. The molecule has 1 amide bonds. The van der Waals surface area contributed by atoms with Gasteiger partial charge in [-0.1, -0.05) is 12.1 Å². The number of pyridine rings is 1. The average molecular weight is 268 g/mol. The fraction of sp³-hybridized carbons (Fsp3) is 0.0714. The Kier molecular flexibility index (Phi) is 2.83. The molecule has 1 aromatic carbocycles. The maximum Gasteiger partial charge on any atom is 0.273 e. The van der Waals surface area contributed by atoms with Crippen LogP contribution in [-0.4, -0.2) is 21.1 Å². The third-order valence-electron chi connectivity index (χ3n) is 2.93. The van der Waals surface area contributed by atoms with Gasteiger partial charge in [0.1, 0.15) is 5.69 Å². The van der Waals surface area contributed by atoms with Crippen LogP contribution in [0.15, 0.2) is 41.2 Å². The van der Waals surface area contributed by atoms with E-state index in [1.165, 1.54) is 6.07 Å². The van der Waals surface area contributed by atoms with Crippen molar-refractivity contribution in [1.82, 2.24) is 15.2 Å². The number of nitrogens with zero attached hydrogens (tertiary/aromatic N) is 1. The van der Waals surface area contributed by atoms with Crippen molar-refractivity contribution in [1.29, 1.82) is 0 Å². The zero-order valence-corrected chi connectivity index (χ0v) is 10.7. The first kappa shape index (κ1) is 12.2. The lowest BCUT2D eigenvalue weighted by atomic mass is 10.2. The Morgan fingerprint density at radius 3 is 2.80 bits per heavy atom. The van der Waals surface area contributed by atoms with Gasteiger partial charge < -0.3 is 10.3 Å². The van der Waals surface area contributed by atoms with Crippen LogP contribution in [0.3, 0.4) is 0 Å². The summed E-state index contributed by atoms with van der Waals surface area (Å²) in [5, 5.41) is 9.82. The maximum atomic E-state index is 12.1. The van der Waals surface area contributed by atoms with E-state index in [4.69, 9.17) is 0 Å². The number of para-hydroxylation sites is 1. The molecule has 3 rings (SSSR count). The molecule has 0 aliphatic carbocycles. The minimum Gasteiger partial charge on any atom is -0.350 e. The third kappa shape index (κ3) is 2.18. The van der Waals surface area contributed by atoms with Gasteiger partial charge in [-0.05, 0) is 19.1 Å². The molecule has 0 aliphatic rings. The van der Waals surface area contributed by atoms with Crippen LogP contribution in [0, 0.1) is 6.92 Å². The molecule has 20 heavy (non-hydrogen) atoms. The van der Waals surface area contributed by atoms with Gasteiger partial charge in [-0.2, -0.15) is 5.10 Å². The van der Waals surface area contributed by atoms with Gasteiger partial charge in [-0.25, -0.2) is 0 Å². The number of benzene rings is 1. The average Bonchev–Trinajstić information content (AvgIpc) is 2.84. The van der Waals surface area contributed by atoms with E-state index in [1.54, 1.807) is 30.3 Å². The van der Waals surface area contributed by atoms with Crippen LogP contribution in [0.1, 0.15) is 16.2 Å². The summed E-state index contributed by atoms with van der Waals surface area (Å²) in [4.78, 5) is 27.0. The summed E-state index contributed by atoms with van der Waals surface area (Å²) >= 11 is 0. The number of hydrogen-bond acceptors (Lipinski definition) is 3. The number of amides is 1. The van der Waals surface area contributed by atoms with Gasteiger partial charge in [-0.15, -0.1) is 0 Å². The summed E-state index contributed by atoms with van der Waals surface area (Å²) in [5.74, 6) is 0.0147. The Balaban J connectivity index is 1.97. The predicted molar refractivity (Wildman–Crippen MR) is 75.8 cm³/mol. The number of fused-ring (bicyclic) bond motifs is 1. The largest absolute Gasteiger partial charge is 0.350 e. The van der Waals surface area contributed by atoms with Gasteiger partial charge in [0.2, 0.25) is 0 Å². The number of carbonyl (C=O) groups excluding carboxylic acids is 1. The molecule has 0 saturated carbocycles. The molecular weight excluding hydrogens is 256 g/mol. The molecule has 100 valence electrons. The number of anilines is 1. The summed E-state index contributed by atoms with van der Waals surface area (Å²) in [6, 6.07) is 10.0. The van der Waals surface area contributed by atoms with Crippen LogP contribution in [0.2, 0.25) is 0 Å². The van der Waals surface area contributed by atoms with Crippen LogP contribution in [0.4, 0.5) is 5.82 Å². The highest BCUT2D eigenvalue weighted by Crippen LogP contribution is 2.09. The highest BCUT2D eigenvalue weighted by Gasteiger charge is 2.11. The normalized spacial score (nSPS) is 10.7. The fourth-order valence-electron chi connectivity index (χ4n) is 1.99. The molecule has 0 aliphatic heterocycles. The summed E-state index contributed by atoms with van der Waals surface area (Å²) in [7, 11) is 0. The number of aryl methyl sites for hydroxylation is 1. The lowest BCUT2D eigenvalue weighted by Gasteiger charge is -2.04. The number of rotatable bonds is 2. The van der Waals surface area contributed by atoms with Gasteiger partial charge in [0.05, 0.1) is 0 Å². The van der Waals surface area contributed by atoms with Crippen LogP contribution >= 0.6 is 0 Å². The van der Waals surface area contributed by atoms with Gasteiger partial charge in [0.25, 0.3) is 5.91 Å². The first-order valence-corrected chi connectivity index (χ1v) is 6.09. The molecule has 2 heterocycles. The van der Waals surface area contributed by atoms with E-state index < -0.39 is 5.91 Å². The van der Waals surface area contributed by atoms with E-state index in [0.717, 1.165) is 5.69 Å². The summed E-state index contributed by atoms with van der Waals surface area (Å²) in [6.07, 6.45) is 0. The number of hydrogen-bond donors (Lipinski definition) is 3. The highest BCUT2D eigenvalue weighted by atomic mass is 16.2. The highest BCUT2D eigenvalue weighted by molar-refractivity contribution is 6.03. The van der Waals surface area contributed by atoms with Gasteiger partial charge in [0, 0.05) is 28.7 Å². The first-order valence-electron chi connectivity index (χ1n) is 6.09. The fourth-order valence-corrected chi connectivity index (χ4v) is 1.99. The van der Waals surface area contributed by atoms with Gasteiger partial charge in [0.15, 0.2) is 11.2 Å². The molecule has 3 N–H and O–H groups in total. The lowest BCUT2D eigenvalue weighted by molar-refractivity contribution is 0.102. The number of H-pyrrole nitrogens is 2. The van der Waals surface area contributed by atoms with Crippen molar-refractivity contribution in [3.8, 4) is 0 Å². The number of aromatic amines is 2. The number of nitrogens with one attached hydrogen (secondary N) is 3. The smallest absolute Gasteiger partial charge is 0.273 e. The molecule has 0 bridgehead atoms. The van der Waals surface area contributed by atoms with Crippen molar-refractivity contribution < 1.29 is 4.79 Å². The Morgan fingerprint density at radius 1 is 1.25 bits per heavy atom. The molecule has 3 aromatic rings. The zero-order chi connectivity index (χ0) is 14.1. The summed E-state index contributed by atoms with van der Waals surface area (Å²) in [6.45, 7) is 1.83. The lowest BCUT2D eigenvalue weighted by Crippen LogP contribution is -2.17. The molecule has 0 unspecified atom stereocenters. The van der Waals surface area contributed by atoms with E-state index >= 15 is 0 Å². The molecular formula is C14H12N4O2. The number of carbonyl (C=O) groups is 1. The standard InChI is InChI=1S/C14H12N4O2/c1-8-6-13(18-17-8)16-14(20)11-7-12(19)9-4-2-3-5-10(9)15-11/h2-7H,1H3,(H,15,19)(H2,16,17,18,20). The topological polar surface area (TPSA) is 90.6 Å². The Bertz CT molecular complexity index is 848. The van der Waals surface area contributed by atoms with Crippen molar-refractivity contribution in [2.75, 3.05) is 5.32 Å². The Labute approximate surface area is 113 Å². The second-order valence-corrected chi connectivity index (χ2v) is 4.48. The Hall–Kier alpha value is -2.89. The maximum absolute atomic E-state index is 12.1. The van der Waals surface area contributed by atoms with Crippen LogP contribution < -0.4 is 10.7 Å². The van der Waals surface area contributed by atoms with Crippen LogP contribution in [-0.2, 0) is 0 Å². The van der Waals surface area contributed by atoms with Crippen molar-refractivity contribution in [2.24, 2.45) is 0 Å². The third-order valence-corrected chi connectivity index (χ3v) is 2.93. The van der Waals surface area contributed by atoms with E-state index in [9.17, 15) is 9.59 Å². The zero-order valence-electron chi connectivity index (χ0n) is 10.7. The van der Waals surface area contributed by atoms with E-state index in [0.29, 0.717) is 16.7 Å². The summed E-state index contributed by atoms with van der Waals surface area (Å²) in [5.41, 5.74) is 1.48. The molecule has 0 atom stereocenters.